The summed E-state index contributed by atoms with van der Waals surface area (Å²) in [7, 11) is 0. The largest absolute Gasteiger partial charge is 0.368 e. The van der Waals surface area contributed by atoms with Crippen LogP contribution in [0.3, 0.4) is 0 Å². The van der Waals surface area contributed by atoms with Gasteiger partial charge in [-0.05, 0) is 24.3 Å². The van der Waals surface area contributed by atoms with Crippen LogP contribution in [-0.4, -0.2) is 16.6 Å². The molecule has 0 bridgehead atoms. The van der Waals surface area contributed by atoms with Crippen LogP contribution in [0, 0.1) is 0 Å². The lowest BCUT2D eigenvalue weighted by molar-refractivity contribution is -0.117. The first kappa shape index (κ1) is 11.0. The Bertz CT molecular complexity index is 289. The number of thioether (sulfide) groups is 1. The van der Waals surface area contributed by atoms with Crippen LogP contribution in [0.2, 0.25) is 0 Å². The Morgan fingerprint density at radius 2 is 2.43 bits per heavy atom. The Morgan fingerprint density at radius 1 is 1.64 bits per heavy atom. The van der Waals surface area contributed by atoms with E-state index in [0.29, 0.717) is 0 Å². The van der Waals surface area contributed by atoms with E-state index in [9.17, 15) is 4.79 Å². The lowest BCUT2D eigenvalue weighted by atomic mass is 10.2. The van der Waals surface area contributed by atoms with Crippen molar-refractivity contribution in [1.82, 2.24) is 4.98 Å². The van der Waals surface area contributed by atoms with Crippen molar-refractivity contribution in [3.63, 3.8) is 0 Å². The molecule has 0 fully saturated rings. The van der Waals surface area contributed by atoms with Crippen molar-refractivity contribution >= 4 is 17.7 Å². The fourth-order valence-electron chi connectivity index (χ4n) is 1.08. The second kappa shape index (κ2) is 5.65. The van der Waals surface area contributed by atoms with Gasteiger partial charge in [-0.1, -0.05) is 13.0 Å². The van der Waals surface area contributed by atoms with Crippen LogP contribution < -0.4 is 5.73 Å². The molecule has 3 nitrogen and oxygen atoms in total. The first-order valence-electron chi connectivity index (χ1n) is 4.57. The van der Waals surface area contributed by atoms with Crippen molar-refractivity contribution < 1.29 is 4.79 Å². The fourth-order valence-corrected chi connectivity index (χ4v) is 2.03. The summed E-state index contributed by atoms with van der Waals surface area (Å²) < 4.78 is 0. The Kier molecular flexibility index (Phi) is 4.46. The predicted octanol–water partition coefficient (Wildman–Crippen LogP) is 1.75. The molecule has 1 aromatic rings. The van der Waals surface area contributed by atoms with E-state index in [1.165, 1.54) is 0 Å². The molecule has 2 N–H and O–H groups in total. The SMILES string of the molecule is CCCSC(C(N)=O)c1ccccn1. The lowest BCUT2D eigenvalue weighted by Crippen LogP contribution is -2.20. The molecule has 1 atom stereocenters. The van der Waals surface area contributed by atoms with Gasteiger partial charge < -0.3 is 5.73 Å². The summed E-state index contributed by atoms with van der Waals surface area (Å²) in [6.07, 6.45) is 2.71. The summed E-state index contributed by atoms with van der Waals surface area (Å²) in [4.78, 5) is 15.3. The van der Waals surface area contributed by atoms with Crippen LogP contribution in [0.15, 0.2) is 24.4 Å². The van der Waals surface area contributed by atoms with Crippen LogP contribution in [-0.2, 0) is 4.79 Å². The number of carbonyl (C=O) groups is 1. The predicted molar refractivity (Wildman–Crippen MR) is 58.9 cm³/mol. The van der Waals surface area contributed by atoms with Gasteiger partial charge in [0.25, 0.3) is 0 Å². The molecule has 0 saturated heterocycles. The van der Waals surface area contributed by atoms with E-state index in [0.717, 1.165) is 17.9 Å². The van der Waals surface area contributed by atoms with Crippen molar-refractivity contribution in [2.75, 3.05) is 5.75 Å². The number of hydrogen-bond donors (Lipinski definition) is 1. The monoisotopic (exact) mass is 210 g/mol. The summed E-state index contributed by atoms with van der Waals surface area (Å²) in [6.45, 7) is 2.07. The van der Waals surface area contributed by atoms with Crippen LogP contribution in [0.4, 0.5) is 0 Å². The number of aromatic nitrogens is 1. The smallest absolute Gasteiger partial charge is 0.236 e. The van der Waals surface area contributed by atoms with Crippen LogP contribution >= 0.6 is 11.8 Å². The van der Waals surface area contributed by atoms with E-state index < -0.39 is 0 Å². The number of primary amides is 1. The van der Waals surface area contributed by atoms with E-state index in [2.05, 4.69) is 11.9 Å². The molecular formula is C10H14N2OS. The van der Waals surface area contributed by atoms with Gasteiger partial charge in [0, 0.05) is 6.20 Å². The Balaban J connectivity index is 2.73. The van der Waals surface area contributed by atoms with Gasteiger partial charge in [0.15, 0.2) is 0 Å². The molecule has 0 aliphatic rings. The second-order valence-corrected chi connectivity index (χ2v) is 4.12. The number of amides is 1. The number of hydrogen-bond acceptors (Lipinski definition) is 3. The fraction of sp³-hybridized carbons (Fsp3) is 0.400. The number of nitrogens with zero attached hydrogens (tertiary/aromatic N) is 1. The summed E-state index contributed by atoms with van der Waals surface area (Å²) in [6, 6.07) is 5.52. The maximum absolute atomic E-state index is 11.2. The molecular weight excluding hydrogens is 196 g/mol. The summed E-state index contributed by atoms with van der Waals surface area (Å²) in [5.41, 5.74) is 6.06. The van der Waals surface area contributed by atoms with E-state index in [1.54, 1.807) is 18.0 Å². The van der Waals surface area contributed by atoms with Gasteiger partial charge >= 0.3 is 0 Å². The van der Waals surface area contributed by atoms with Gasteiger partial charge in [-0.3, -0.25) is 9.78 Å². The molecule has 1 heterocycles. The summed E-state index contributed by atoms with van der Waals surface area (Å²) in [5, 5.41) is -0.309. The van der Waals surface area contributed by atoms with Crippen molar-refractivity contribution in [1.29, 1.82) is 0 Å². The van der Waals surface area contributed by atoms with Crippen LogP contribution in [0.1, 0.15) is 24.3 Å². The zero-order valence-corrected chi connectivity index (χ0v) is 8.96. The number of pyridine rings is 1. The van der Waals surface area contributed by atoms with Gasteiger partial charge in [-0.25, -0.2) is 0 Å². The molecule has 1 amide bonds. The zero-order chi connectivity index (χ0) is 10.4. The number of rotatable bonds is 5. The molecule has 0 spiro atoms. The van der Waals surface area contributed by atoms with Crippen LogP contribution in [0.5, 0.6) is 0 Å². The molecule has 0 aromatic carbocycles. The molecule has 0 saturated carbocycles. The standard InChI is InChI=1S/C10H14N2OS/c1-2-7-14-9(10(11)13)8-5-3-4-6-12-8/h3-6,9H,2,7H2,1H3,(H2,11,13). The minimum atomic E-state index is -0.317. The van der Waals surface area contributed by atoms with E-state index >= 15 is 0 Å². The number of nitrogens with two attached hydrogens (primary N) is 1. The van der Waals surface area contributed by atoms with Gasteiger partial charge in [-0.15, -0.1) is 11.8 Å². The summed E-state index contributed by atoms with van der Waals surface area (Å²) in [5.74, 6) is 0.603. The Labute approximate surface area is 88.1 Å². The molecule has 0 aliphatic carbocycles. The lowest BCUT2D eigenvalue weighted by Gasteiger charge is -2.11. The Morgan fingerprint density at radius 3 is 2.93 bits per heavy atom. The molecule has 0 aliphatic heterocycles. The van der Waals surface area contributed by atoms with E-state index in [-0.39, 0.29) is 11.2 Å². The average Bonchev–Trinajstić information content (AvgIpc) is 2.19. The van der Waals surface area contributed by atoms with Gasteiger partial charge in [0.1, 0.15) is 5.25 Å². The molecule has 76 valence electrons. The third-order valence-electron chi connectivity index (χ3n) is 1.70. The number of carbonyl (C=O) groups excluding carboxylic acids is 1. The topological polar surface area (TPSA) is 56.0 Å². The van der Waals surface area contributed by atoms with E-state index in [1.807, 2.05) is 18.2 Å². The van der Waals surface area contributed by atoms with Crippen LogP contribution in [0.25, 0.3) is 0 Å². The first-order chi connectivity index (χ1) is 6.75. The Hall–Kier alpha value is -1.03. The molecule has 1 unspecified atom stereocenters. The van der Waals surface area contributed by atoms with E-state index in [4.69, 9.17) is 5.73 Å². The highest BCUT2D eigenvalue weighted by atomic mass is 32.2. The highest BCUT2D eigenvalue weighted by molar-refractivity contribution is 8.00. The molecule has 14 heavy (non-hydrogen) atoms. The quantitative estimate of drug-likeness (QED) is 0.805. The minimum absolute atomic E-state index is 0.309. The maximum Gasteiger partial charge on any atom is 0.236 e. The second-order valence-electron chi connectivity index (χ2n) is 2.91. The van der Waals surface area contributed by atoms with Crippen molar-refractivity contribution in [2.24, 2.45) is 5.73 Å². The summed E-state index contributed by atoms with van der Waals surface area (Å²) >= 11 is 1.55. The average molecular weight is 210 g/mol. The van der Waals surface area contributed by atoms with Gasteiger partial charge in [-0.2, -0.15) is 0 Å². The first-order valence-corrected chi connectivity index (χ1v) is 5.62. The molecule has 1 aromatic heterocycles. The molecule has 1 rings (SSSR count). The normalized spacial score (nSPS) is 12.4. The molecule has 0 radical (unpaired) electrons. The zero-order valence-electron chi connectivity index (χ0n) is 8.14. The van der Waals surface area contributed by atoms with Gasteiger partial charge in [0.05, 0.1) is 5.69 Å². The van der Waals surface area contributed by atoms with Crippen molar-refractivity contribution in [3.8, 4) is 0 Å². The minimum Gasteiger partial charge on any atom is -0.368 e. The third kappa shape index (κ3) is 3.03. The molecule has 4 heteroatoms. The van der Waals surface area contributed by atoms with Crippen molar-refractivity contribution in [2.45, 2.75) is 18.6 Å². The van der Waals surface area contributed by atoms with Crippen molar-refractivity contribution in [3.05, 3.63) is 30.1 Å². The van der Waals surface area contributed by atoms with Gasteiger partial charge in [0.2, 0.25) is 5.91 Å². The highest BCUT2D eigenvalue weighted by Gasteiger charge is 2.18. The highest BCUT2D eigenvalue weighted by Crippen LogP contribution is 2.26. The maximum atomic E-state index is 11.2. The third-order valence-corrected chi connectivity index (χ3v) is 3.15.